The summed E-state index contributed by atoms with van der Waals surface area (Å²) in [6.07, 6.45) is 1.93. The van der Waals surface area contributed by atoms with Crippen LogP contribution in [-0.2, 0) is 21.1 Å². The summed E-state index contributed by atoms with van der Waals surface area (Å²) in [6.45, 7) is 9.83. The molecule has 246 valence electrons. The van der Waals surface area contributed by atoms with Crippen molar-refractivity contribution >= 4 is 38.9 Å². The smallest absolute Gasteiger partial charge is 0.509 e. The van der Waals surface area contributed by atoms with Crippen molar-refractivity contribution in [3.63, 3.8) is 0 Å². The van der Waals surface area contributed by atoms with Gasteiger partial charge in [0.25, 0.3) is 0 Å². The Labute approximate surface area is 303 Å². The van der Waals surface area contributed by atoms with E-state index >= 15 is 0 Å². The molecule has 1 aliphatic rings. The molecule has 5 aromatic carbocycles. The Hall–Kier alpha value is -4.86. The van der Waals surface area contributed by atoms with Crippen LogP contribution in [0.15, 0.2) is 115 Å². The Balaban J connectivity index is 0.00000378. The number of pyridine rings is 1. The fraction of sp³-hybridized carbons (Fsp3) is 0.186. The third kappa shape index (κ3) is 5.81. The largest absolute Gasteiger partial charge is 2.00 e. The van der Waals surface area contributed by atoms with E-state index in [1.807, 2.05) is 24.4 Å². The first kappa shape index (κ1) is 32.7. The van der Waals surface area contributed by atoms with Gasteiger partial charge in [0.05, 0.1) is 18.0 Å². The molecule has 3 heterocycles. The second-order valence-corrected chi connectivity index (χ2v) is 13.2. The van der Waals surface area contributed by atoms with Crippen molar-refractivity contribution in [3.8, 4) is 28.4 Å². The van der Waals surface area contributed by atoms with Crippen molar-refractivity contribution in [1.82, 2.24) is 9.55 Å². The average molecular weight is 822 g/mol. The van der Waals surface area contributed by atoms with Crippen molar-refractivity contribution in [2.24, 2.45) is 0 Å². The number of fused-ring (bicyclic) bond motifs is 4. The van der Waals surface area contributed by atoms with E-state index < -0.39 is 0 Å². The minimum atomic E-state index is 0. The molecule has 7 aromatic rings. The van der Waals surface area contributed by atoms with Crippen LogP contribution in [0.5, 0.6) is 11.5 Å². The van der Waals surface area contributed by atoms with Gasteiger partial charge in [-0.05, 0) is 69.8 Å². The third-order valence-electron chi connectivity index (χ3n) is 9.39. The van der Waals surface area contributed by atoms with Crippen molar-refractivity contribution in [1.29, 1.82) is 0 Å². The van der Waals surface area contributed by atoms with Gasteiger partial charge in [0.15, 0.2) is 0 Å². The molecule has 8 rings (SSSR count). The van der Waals surface area contributed by atoms with Crippen LogP contribution >= 0.6 is 0 Å². The minimum Gasteiger partial charge on any atom is -0.509 e. The Morgan fingerprint density at radius 2 is 1.39 bits per heavy atom. The van der Waals surface area contributed by atoms with Gasteiger partial charge < -0.3 is 19.1 Å². The van der Waals surface area contributed by atoms with Crippen LogP contribution in [0.4, 0.5) is 17.1 Å². The molecule has 0 N–H and O–H groups in total. The van der Waals surface area contributed by atoms with Crippen molar-refractivity contribution in [3.05, 3.63) is 139 Å². The van der Waals surface area contributed by atoms with E-state index in [-0.39, 0.29) is 21.1 Å². The number of rotatable bonds is 7. The SMILES string of the molecule is CC(C)c1cccc(C(C)C)c1-c1ccnc(-n2c3[c-]c(Oc4[c-]c(N5CN(C)c6ccccc65)ccc4)ccc3c3ccccc32)c1.[Pt+2]. The van der Waals surface area contributed by atoms with Crippen LogP contribution in [0.1, 0.15) is 50.7 Å². The fourth-order valence-corrected chi connectivity index (χ4v) is 7.11. The summed E-state index contributed by atoms with van der Waals surface area (Å²) in [5, 5.41) is 2.25. The summed E-state index contributed by atoms with van der Waals surface area (Å²) in [5.74, 6) is 2.92. The summed E-state index contributed by atoms with van der Waals surface area (Å²) in [7, 11) is 2.11. The van der Waals surface area contributed by atoms with Gasteiger partial charge in [-0.15, -0.1) is 35.7 Å². The van der Waals surface area contributed by atoms with Crippen LogP contribution in [0, 0.1) is 12.1 Å². The van der Waals surface area contributed by atoms with Crippen molar-refractivity contribution < 1.29 is 25.8 Å². The van der Waals surface area contributed by atoms with E-state index in [1.165, 1.54) is 27.9 Å². The van der Waals surface area contributed by atoms with E-state index in [0.29, 0.717) is 23.3 Å². The molecule has 0 atom stereocenters. The molecule has 0 unspecified atom stereocenters. The minimum absolute atomic E-state index is 0. The zero-order valence-corrected chi connectivity index (χ0v) is 30.6. The van der Waals surface area contributed by atoms with Gasteiger partial charge in [-0.2, -0.15) is 12.1 Å². The van der Waals surface area contributed by atoms with Gasteiger partial charge in [-0.1, -0.05) is 87.4 Å². The number of para-hydroxylation sites is 3. The molecule has 0 radical (unpaired) electrons. The van der Waals surface area contributed by atoms with E-state index in [2.05, 4.69) is 152 Å². The van der Waals surface area contributed by atoms with E-state index in [4.69, 9.17) is 9.72 Å². The molecule has 0 spiro atoms. The maximum atomic E-state index is 6.48. The number of hydrogen-bond donors (Lipinski definition) is 0. The Morgan fingerprint density at radius 1 is 0.694 bits per heavy atom. The van der Waals surface area contributed by atoms with E-state index in [1.54, 1.807) is 0 Å². The molecule has 0 saturated carbocycles. The number of nitrogens with zero attached hydrogens (tertiary/aromatic N) is 4. The van der Waals surface area contributed by atoms with Gasteiger partial charge in [-0.25, -0.2) is 4.98 Å². The predicted octanol–water partition coefficient (Wildman–Crippen LogP) is 11.0. The molecule has 0 saturated heterocycles. The molecule has 2 aromatic heterocycles. The summed E-state index contributed by atoms with van der Waals surface area (Å²) < 4.78 is 8.69. The molecule has 6 heteroatoms. The number of aromatic nitrogens is 2. The second-order valence-electron chi connectivity index (χ2n) is 13.2. The van der Waals surface area contributed by atoms with E-state index in [0.717, 1.165) is 45.7 Å². The molecular weight excluding hydrogens is 784 g/mol. The molecule has 0 bridgehead atoms. The van der Waals surface area contributed by atoms with Gasteiger partial charge in [-0.3, -0.25) is 0 Å². The zero-order chi connectivity index (χ0) is 32.9. The first-order valence-corrected chi connectivity index (χ1v) is 16.7. The third-order valence-corrected chi connectivity index (χ3v) is 9.39. The molecule has 0 amide bonds. The number of benzene rings is 5. The average Bonchev–Trinajstić information content (AvgIpc) is 3.62. The zero-order valence-electron chi connectivity index (χ0n) is 28.3. The van der Waals surface area contributed by atoms with Crippen molar-refractivity contribution in [2.75, 3.05) is 23.5 Å². The Kier molecular flexibility index (Phi) is 8.81. The molecular formula is C43H38N4OPt. The Bertz CT molecular complexity index is 2280. The summed E-state index contributed by atoms with van der Waals surface area (Å²) in [4.78, 5) is 9.44. The van der Waals surface area contributed by atoms with Crippen LogP contribution in [-0.4, -0.2) is 23.3 Å². The van der Waals surface area contributed by atoms with Crippen LogP contribution in [0.2, 0.25) is 0 Å². The topological polar surface area (TPSA) is 33.5 Å². The number of hydrogen-bond acceptors (Lipinski definition) is 4. The monoisotopic (exact) mass is 821 g/mol. The summed E-state index contributed by atoms with van der Waals surface area (Å²) >= 11 is 0. The maximum Gasteiger partial charge on any atom is 2.00 e. The maximum absolute atomic E-state index is 6.48. The molecule has 5 nitrogen and oxygen atoms in total. The van der Waals surface area contributed by atoms with Crippen LogP contribution < -0.4 is 14.5 Å². The van der Waals surface area contributed by atoms with Gasteiger partial charge in [0, 0.05) is 30.3 Å². The first-order valence-electron chi connectivity index (χ1n) is 16.7. The quantitative estimate of drug-likeness (QED) is 0.150. The van der Waals surface area contributed by atoms with Gasteiger partial charge >= 0.3 is 21.1 Å². The van der Waals surface area contributed by atoms with Gasteiger partial charge in [0.1, 0.15) is 5.82 Å². The molecule has 0 fully saturated rings. The van der Waals surface area contributed by atoms with E-state index in [9.17, 15) is 0 Å². The Morgan fingerprint density at radius 3 is 2.16 bits per heavy atom. The second kappa shape index (κ2) is 13.2. The number of ether oxygens (including phenoxy) is 1. The van der Waals surface area contributed by atoms with Gasteiger partial charge in [0.2, 0.25) is 0 Å². The summed E-state index contributed by atoms with van der Waals surface area (Å²) in [6, 6.07) is 45.3. The predicted molar refractivity (Wildman–Crippen MR) is 198 cm³/mol. The number of anilines is 3. The molecule has 0 aliphatic carbocycles. The normalized spacial score (nSPS) is 12.6. The fourth-order valence-electron chi connectivity index (χ4n) is 7.11. The van der Waals surface area contributed by atoms with Crippen LogP contribution in [0.3, 0.4) is 0 Å². The van der Waals surface area contributed by atoms with Crippen molar-refractivity contribution in [2.45, 2.75) is 39.5 Å². The molecule has 1 aliphatic heterocycles. The molecule has 49 heavy (non-hydrogen) atoms. The summed E-state index contributed by atoms with van der Waals surface area (Å²) in [5.41, 5.74) is 10.5. The standard InChI is InChI=1S/C43H38N4O.Pt/c1-28(2)34-15-11-16-35(29(3)4)43(34)30-22-23-44-42(24-30)47-38-17-7-6-14-36(38)37-21-20-33(26-41(37)47)48-32-13-10-12-31(25-32)46-27-45(5)39-18-8-9-19-40(39)46;/h6-24,28-29H,27H2,1-5H3;/q-2;+2. The van der Waals surface area contributed by atoms with Crippen LogP contribution in [0.25, 0.3) is 38.8 Å². The first-order chi connectivity index (χ1) is 23.4.